The molecule has 1 rings (SSSR count). The second-order valence-corrected chi connectivity index (χ2v) is 5.98. The van der Waals surface area contributed by atoms with Crippen LogP contribution in [0.15, 0.2) is 21.6 Å². The molecule has 5 nitrogen and oxygen atoms in total. The van der Waals surface area contributed by atoms with Crippen LogP contribution in [-0.2, 0) is 16.6 Å². The first kappa shape index (κ1) is 15.2. The van der Waals surface area contributed by atoms with Crippen LogP contribution in [-0.4, -0.2) is 14.0 Å². The maximum atomic E-state index is 12.2. The molecule has 0 spiro atoms. The summed E-state index contributed by atoms with van der Waals surface area (Å²) in [6.07, 6.45) is 2.22. The maximum absolute atomic E-state index is 12.2. The molecule has 0 amide bonds. The van der Waals surface area contributed by atoms with Gasteiger partial charge in [-0.3, -0.25) is 0 Å². The summed E-state index contributed by atoms with van der Waals surface area (Å²) >= 11 is 0. The first-order valence-electron chi connectivity index (χ1n) is 6.25. The summed E-state index contributed by atoms with van der Waals surface area (Å²) < 4.78 is 32.4. The van der Waals surface area contributed by atoms with Gasteiger partial charge < -0.3 is 10.2 Å². The molecule has 0 aliphatic rings. The Morgan fingerprint density at radius 3 is 2.17 bits per heavy atom. The second-order valence-electron chi connectivity index (χ2n) is 4.37. The van der Waals surface area contributed by atoms with Crippen molar-refractivity contribution in [2.75, 3.05) is 0 Å². The predicted octanol–water partition coefficient (Wildman–Crippen LogP) is 1.99. The van der Waals surface area contributed by atoms with Crippen molar-refractivity contribution in [1.82, 2.24) is 4.72 Å². The third kappa shape index (κ3) is 3.13. The molecular weight excluding hydrogens is 252 g/mol. The molecule has 0 aliphatic carbocycles. The molecule has 0 aromatic carbocycles. The molecule has 104 valence electrons. The Balaban J connectivity index is 3.00. The summed E-state index contributed by atoms with van der Waals surface area (Å²) in [4.78, 5) is 0. The second kappa shape index (κ2) is 5.86. The molecule has 0 bridgehead atoms. The fourth-order valence-electron chi connectivity index (χ4n) is 1.91. The van der Waals surface area contributed by atoms with Crippen molar-refractivity contribution in [3.63, 3.8) is 0 Å². The number of nitrogens with one attached hydrogen (secondary N) is 1. The van der Waals surface area contributed by atoms with Crippen LogP contribution in [0.3, 0.4) is 0 Å². The maximum Gasteiger partial charge on any atom is 0.274 e. The van der Waals surface area contributed by atoms with Crippen LogP contribution in [0.1, 0.15) is 45.8 Å². The molecular formula is C12H22N2O3S. The Hall–Kier alpha value is -0.850. The molecule has 0 aliphatic heterocycles. The summed E-state index contributed by atoms with van der Waals surface area (Å²) in [7, 11) is -3.62. The standard InChI is InChI=1S/C12H22N2O3S/c1-4-12(5-2,6-3)14-18(15,16)11-8-7-10(9-13)17-11/h7-8,14H,4-6,9,13H2,1-3H3. The Labute approximate surface area is 109 Å². The highest BCUT2D eigenvalue weighted by Crippen LogP contribution is 2.23. The van der Waals surface area contributed by atoms with Crippen molar-refractivity contribution in [3.8, 4) is 0 Å². The van der Waals surface area contributed by atoms with Crippen LogP contribution in [0.5, 0.6) is 0 Å². The lowest BCUT2D eigenvalue weighted by Crippen LogP contribution is -2.46. The van der Waals surface area contributed by atoms with Gasteiger partial charge in [0.2, 0.25) is 5.09 Å². The van der Waals surface area contributed by atoms with Gasteiger partial charge in [-0.05, 0) is 31.4 Å². The zero-order valence-corrected chi connectivity index (χ0v) is 12.0. The lowest BCUT2D eigenvalue weighted by Gasteiger charge is -2.30. The minimum Gasteiger partial charge on any atom is -0.447 e. The summed E-state index contributed by atoms with van der Waals surface area (Å²) in [5.74, 6) is 0.463. The highest BCUT2D eigenvalue weighted by Gasteiger charge is 2.31. The van der Waals surface area contributed by atoms with Gasteiger partial charge in [-0.1, -0.05) is 20.8 Å². The SMILES string of the molecule is CCC(CC)(CC)NS(=O)(=O)c1ccc(CN)o1. The highest BCUT2D eigenvalue weighted by atomic mass is 32.2. The highest BCUT2D eigenvalue weighted by molar-refractivity contribution is 7.89. The molecule has 18 heavy (non-hydrogen) atoms. The zero-order valence-electron chi connectivity index (χ0n) is 11.2. The van der Waals surface area contributed by atoms with E-state index >= 15 is 0 Å². The van der Waals surface area contributed by atoms with E-state index in [1.54, 1.807) is 6.07 Å². The van der Waals surface area contributed by atoms with Gasteiger partial charge >= 0.3 is 0 Å². The van der Waals surface area contributed by atoms with Crippen molar-refractivity contribution in [2.45, 2.75) is 57.2 Å². The van der Waals surface area contributed by atoms with E-state index < -0.39 is 15.6 Å². The summed E-state index contributed by atoms with van der Waals surface area (Å²) in [5.41, 5.74) is 4.99. The largest absolute Gasteiger partial charge is 0.447 e. The molecule has 1 aromatic heterocycles. The van der Waals surface area contributed by atoms with E-state index in [1.807, 2.05) is 20.8 Å². The van der Waals surface area contributed by atoms with Crippen LogP contribution in [0.25, 0.3) is 0 Å². The summed E-state index contributed by atoms with van der Waals surface area (Å²) in [5, 5.41) is -0.0670. The molecule has 6 heteroatoms. The van der Waals surface area contributed by atoms with Gasteiger partial charge in [0, 0.05) is 5.54 Å². The van der Waals surface area contributed by atoms with E-state index in [0.717, 1.165) is 19.3 Å². The Bertz CT molecular complexity index is 467. The summed E-state index contributed by atoms with van der Waals surface area (Å²) in [6.45, 7) is 6.12. The molecule has 0 saturated heterocycles. The average molecular weight is 274 g/mol. The van der Waals surface area contributed by atoms with Crippen LogP contribution >= 0.6 is 0 Å². The molecule has 1 heterocycles. The van der Waals surface area contributed by atoms with Crippen LogP contribution in [0, 0.1) is 0 Å². The number of rotatable bonds is 7. The van der Waals surface area contributed by atoms with E-state index in [4.69, 9.17) is 10.2 Å². The van der Waals surface area contributed by atoms with Crippen LogP contribution < -0.4 is 10.5 Å². The fraction of sp³-hybridized carbons (Fsp3) is 0.667. The van der Waals surface area contributed by atoms with Crippen LogP contribution in [0.2, 0.25) is 0 Å². The van der Waals surface area contributed by atoms with Crippen molar-refractivity contribution in [2.24, 2.45) is 5.73 Å². The van der Waals surface area contributed by atoms with Gasteiger partial charge in [-0.25, -0.2) is 13.1 Å². The van der Waals surface area contributed by atoms with E-state index in [-0.39, 0.29) is 11.6 Å². The van der Waals surface area contributed by atoms with E-state index in [1.165, 1.54) is 6.07 Å². The van der Waals surface area contributed by atoms with Crippen molar-refractivity contribution >= 4 is 10.0 Å². The number of hydrogen-bond donors (Lipinski definition) is 2. The monoisotopic (exact) mass is 274 g/mol. The van der Waals surface area contributed by atoms with Crippen molar-refractivity contribution in [1.29, 1.82) is 0 Å². The third-order valence-corrected chi connectivity index (χ3v) is 4.94. The fourth-order valence-corrected chi connectivity index (χ4v) is 3.48. The van der Waals surface area contributed by atoms with Gasteiger partial charge in [0.1, 0.15) is 5.76 Å². The van der Waals surface area contributed by atoms with E-state index in [2.05, 4.69) is 4.72 Å². The minimum absolute atomic E-state index is 0.0670. The lowest BCUT2D eigenvalue weighted by atomic mass is 9.91. The molecule has 0 fully saturated rings. The molecule has 0 saturated carbocycles. The van der Waals surface area contributed by atoms with Gasteiger partial charge in [0.05, 0.1) is 6.54 Å². The zero-order chi connectivity index (χ0) is 13.8. The minimum atomic E-state index is -3.62. The number of hydrogen-bond acceptors (Lipinski definition) is 4. The Kier molecular flexibility index (Phi) is 4.95. The first-order valence-corrected chi connectivity index (χ1v) is 7.74. The first-order chi connectivity index (χ1) is 8.43. The van der Waals surface area contributed by atoms with Gasteiger partial charge in [0.25, 0.3) is 10.0 Å². The topological polar surface area (TPSA) is 85.3 Å². The van der Waals surface area contributed by atoms with E-state index in [9.17, 15) is 8.42 Å². The molecule has 3 N–H and O–H groups in total. The normalized spacial score (nSPS) is 12.9. The lowest BCUT2D eigenvalue weighted by molar-refractivity contribution is 0.333. The van der Waals surface area contributed by atoms with Gasteiger partial charge in [-0.15, -0.1) is 0 Å². The number of sulfonamides is 1. The Morgan fingerprint density at radius 1 is 1.22 bits per heavy atom. The molecule has 1 aromatic rings. The smallest absolute Gasteiger partial charge is 0.274 e. The van der Waals surface area contributed by atoms with Crippen LogP contribution in [0.4, 0.5) is 0 Å². The third-order valence-electron chi connectivity index (χ3n) is 3.48. The number of furan rings is 1. The molecule has 0 radical (unpaired) electrons. The van der Waals surface area contributed by atoms with Crippen molar-refractivity contribution in [3.05, 3.63) is 17.9 Å². The summed E-state index contributed by atoms with van der Waals surface area (Å²) in [6, 6.07) is 3.02. The average Bonchev–Trinajstić information content (AvgIpc) is 2.85. The van der Waals surface area contributed by atoms with Gasteiger partial charge in [-0.2, -0.15) is 0 Å². The predicted molar refractivity (Wildman–Crippen MR) is 70.5 cm³/mol. The number of nitrogens with two attached hydrogens (primary N) is 1. The van der Waals surface area contributed by atoms with Gasteiger partial charge in [0.15, 0.2) is 0 Å². The molecule has 0 atom stereocenters. The van der Waals surface area contributed by atoms with Crippen molar-refractivity contribution < 1.29 is 12.8 Å². The Morgan fingerprint density at radius 2 is 1.78 bits per heavy atom. The quantitative estimate of drug-likeness (QED) is 0.796. The van der Waals surface area contributed by atoms with E-state index in [0.29, 0.717) is 5.76 Å². The molecule has 0 unspecified atom stereocenters.